The molecule has 0 amide bonds. The topological polar surface area (TPSA) is 30.7 Å². The molecular weight excluding hydrogens is 210 g/mol. The largest absolute Gasteiger partial charge is 0.301 e. The Labute approximate surface area is 95.8 Å². The average Bonchev–Trinajstić information content (AvgIpc) is 2.63. The molecule has 1 aromatic heterocycles. The Kier molecular flexibility index (Phi) is 2.53. The highest BCUT2D eigenvalue weighted by Gasteiger charge is 2.35. The first-order chi connectivity index (χ1) is 6.89. The fraction of sp³-hybridized carbons (Fsp3) is 0.818. The van der Waals surface area contributed by atoms with Gasteiger partial charge in [0.25, 0.3) is 0 Å². The van der Waals surface area contributed by atoms with E-state index >= 15 is 0 Å². The predicted octanol–water partition coefficient (Wildman–Crippen LogP) is 2.89. The number of nitrogens with zero attached hydrogens (tertiary/aromatic N) is 3. The molecule has 4 heteroatoms. The van der Waals surface area contributed by atoms with Gasteiger partial charge >= 0.3 is 0 Å². The molecule has 1 fully saturated rings. The van der Waals surface area contributed by atoms with E-state index in [-0.39, 0.29) is 5.41 Å². The van der Waals surface area contributed by atoms with Gasteiger partial charge in [-0.3, -0.25) is 0 Å². The van der Waals surface area contributed by atoms with Crippen LogP contribution in [-0.4, -0.2) is 14.8 Å². The van der Waals surface area contributed by atoms with Gasteiger partial charge in [-0.2, -0.15) is 0 Å². The van der Waals surface area contributed by atoms with E-state index in [1.54, 1.807) is 0 Å². The first-order valence-corrected chi connectivity index (χ1v) is 5.86. The van der Waals surface area contributed by atoms with E-state index in [1.165, 1.54) is 6.42 Å². The molecule has 1 aliphatic rings. The maximum atomic E-state index is 6.06. The summed E-state index contributed by atoms with van der Waals surface area (Å²) < 4.78 is 2.07. The first kappa shape index (κ1) is 10.9. The number of hydrogen-bond donors (Lipinski definition) is 0. The fourth-order valence-corrected chi connectivity index (χ4v) is 2.08. The van der Waals surface area contributed by atoms with Crippen molar-refractivity contribution in [3.63, 3.8) is 0 Å². The van der Waals surface area contributed by atoms with Crippen LogP contribution >= 0.6 is 11.6 Å². The summed E-state index contributed by atoms with van der Waals surface area (Å²) in [5, 5.41) is 8.67. The molecule has 1 aromatic rings. The van der Waals surface area contributed by atoms with E-state index < -0.39 is 0 Å². The third-order valence-corrected chi connectivity index (χ3v) is 3.35. The second kappa shape index (κ2) is 3.48. The molecule has 2 atom stereocenters. The van der Waals surface area contributed by atoms with Gasteiger partial charge in [-0.05, 0) is 29.9 Å². The minimum atomic E-state index is 0.0122. The molecule has 0 radical (unpaired) electrons. The molecule has 0 aromatic carbocycles. The van der Waals surface area contributed by atoms with Crippen LogP contribution in [0.4, 0.5) is 0 Å². The van der Waals surface area contributed by atoms with Crippen molar-refractivity contribution in [1.82, 2.24) is 14.8 Å². The lowest BCUT2D eigenvalue weighted by atomic mass is 9.95. The predicted molar refractivity (Wildman–Crippen MR) is 61.0 cm³/mol. The first-order valence-electron chi connectivity index (χ1n) is 5.49. The van der Waals surface area contributed by atoms with E-state index in [0.29, 0.717) is 5.28 Å². The monoisotopic (exact) mass is 227 g/mol. The van der Waals surface area contributed by atoms with Gasteiger partial charge in [0.15, 0.2) is 0 Å². The Morgan fingerprint density at radius 3 is 2.47 bits per heavy atom. The molecule has 2 rings (SSSR count). The maximum Gasteiger partial charge on any atom is 0.225 e. The minimum Gasteiger partial charge on any atom is -0.301 e. The molecule has 1 heterocycles. The Morgan fingerprint density at radius 2 is 2.00 bits per heavy atom. The maximum absolute atomic E-state index is 6.06. The summed E-state index contributed by atoms with van der Waals surface area (Å²) in [6.45, 7) is 9.67. The quantitative estimate of drug-likeness (QED) is 0.778. The van der Waals surface area contributed by atoms with Gasteiger partial charge in [-0.15, -0.1) is 10.2 Å². The highest BCUT2D eigenvalue weighted by Crippen LogP contribution is 2.40. The van der Waals surface area contributed by atoms with Gasteiger partial charge in [0.2, 0.25) is 5.28 Å². The van der Waals surface area contributed by atoms with Crippen LogP contribution < -0.4 is 0 Å². The number of hydrogen-bond acceptors (Lipinski definition) is 2. The Balaban J connectivity index is 2.24. The molecule has 0 saturated heterocycles. The van der Waals surface area contributed by atoms with Gasteiger partial charge in [-0.1, -0.05) is 27.7 Å². The average molecular weight is 228 g/mol. The second-order valence-corrected chi connectivity index (χ2v) is 5.96. The number of halogens is 1. The highest BCUT2D eigenvalue weighted by molar-refractivity contribution is 6.28. The molecule has 0 bridgehead atoms. The van der Waals surface area contributed by atoms with Gasteiger partial charge in [0.1, 0.15) is 5.82 Å². The van der Waals surface area contributed by atoms with Crippen LogP contribution in [-0.2, 0) is 12.0 Å². The van der Waals surface area contributed by atoms with E-state index in [9.17, 15) is 0 Å². The van der Waals surface area contributed by atoms with Crippen molar-refractivity contribution < 1.29 is 0 Å². The lowest BCUT2D eigenvalue weighted by Crippen LogP contribution is -2.20. The second-order valence-electron chi connectivity index (χ2n) is 5.63. The van der Waals surface area contributed by atoms with Crippen molar-refractivity contribution in [3.8, 4) is 0 Å². The summed E-state index contributed by atoms with van der Waals surface area (Å²) in [6.07, 6.45) is 1.30. The van der Waals surface area contributed by atoms with E-state index in [1.807, 2.05) is 0 Å². The molecular formula is C11H18ClN3. The summed E-state index contributed by atoms with van der Waals surface area (Å²) in [4.78, 5) is 0. The molecule has 3 nitrogen and oxygen atoms in total. The van der Waals surface area contributed by atoms with E-state index in [4.69, 9.17) is 11.6 Å². The summed E-state index contributed by atoms with van der Waals surface area (Å²) in [5.41, 5.74) is 0.0122. The molecule has 0 N–H and O–H groups in total. The Bertz CT molecular complexity index is 364. The van der Waals surface area contributed by atoms with Crippen molar-refractivity contribution in [3.05, 3.63) is 11.1 Å². The molecule has 15 heavy (non-hydrogen) atoms. The summed E-state index contributed by atoms with van der Waals surface area (Å²) >= 11 is 6.06. The lowest BCUT2D eigenvalue weighted by Gasteiger charge is -2.18. The normalized spacial score (nSPS) is 25.7. The Hall–Kier alpha value is -0.570. The third kappa shape index (κ3) is 2.17. The van der Waals surface area contributed by atoms with Crippen molar-refractivity contribution >= 4 is 11.6 Å². The van der Waals surface area contributed by atoms with E-state index in [0.717, 1.165) is 24.2 Å². The van der Waals surface area contributed by atoms with Gasteiger partial charge < -0.3 is 4.57 Å². The SMILES string of the molecule is CC1CC1Cn1c(Cl)nnc1C(C)(C)C. The number of rotatable bonds is 2. The van der Waals surface area contributed by atoms with Crippen LogP contribution in [0.5, 0.6) is 0 Å². The summed E-state index contributed by atoms with van der Waals surface area (Å²) in [5.74, 6) is 2.59. The molecule has 1 aliphatic carbocycles. The molecule has 0 spiro atoms. The minimum absolute atomic E-state index is 0.0122. The summed E-state index contributed by atoms with van der Waals surface area (Å²) in [6, 6.07) is 0. The molecule has 2 unspecified atom stereocenters. The van der Waals surface area contributed by atoms with E-state index in [2.05, 4.69) is 42.5 Å². The third-order valence-electron chi connectivity index (χ3n) is 3.07. The van der Waals surface area contributed by atoms with Crippen molar-refractivity contribution in [1.29, 1.82) is 0 Å². The molecule has 84 valence electrons. The molecule has 0 aliphatic heterocycles. The zero-order valence-electron chi connectivity index (χ0n) is 9.79. The van der Waals surface area contributed by atoms with Gasteiger partial charge in [0.05, 0.1) is 0 Å². The van der Waals surface area contributed by atoms with Crippen LogP contribution in [0.2, 0.25) is 5.28 Å². The van der Waals surface area contributed by atoms with Crippen LogP contribution in [0.3, 0.4) is 0 Å². The highest BCUT2D eigenvalue weighted by atomic mass is 35.5. The fourth-order valence-electron chi connectivity index (χ4n) is 1.89. The van der Waals surface area contributed by atoms with Crippen molar-refractivity contribution in [2.24, 2.45) is 11.8 Å². The molecule has 1 saturated carbocycles. The smallest absolute Gasteiger partial charge is 0.225 e. The van der Waals surface area contributed by atoms with Crippen LogP contribution in [0.15, 0.2) is 0 Å². The van der Waals surface area contributed by atoms with Crippen molar-refractivity contribution in [2.45, 2.75) is 46.1 Å². The van der Waals surface area contributed by atoms with Crippen LogP contribution in [0, 0.1) is 11.8 Å². The zero-order chi connectivity index (χ0) is 11.2. The Morgan fingerprint density at radius 1 is 1.40 bits per heavy atom. The summed E-state index contributed by atoms with van der Waals surface area (Å²) in [7, 11) is 0. The number of aromatic nitrogens is 3. The lowest BCUT2D eigenvalue weighted by molar-refractivity contribution is 0.477. The van der Waals surface area contributed by atoms with Crippen LogP contribution in [0.25, 0.3) is 0 Å². The standard InChI is InChI=1S/C11H18ClN3/c1-7-5-8(7)6-15-9(11(2,3)4)13-14-10(15)12/h7-8H,5-6H2,1-4H3. The van der Waals surface area contributed by atoms with Crippen LogP contribution in [0.1, 0.15) is 39.9 Å². The van der Waals surface area contributed by atoms with Gasteiger partial charge in [-0.25, -0.2) is 0 Å². The zero-order valence-corrected chi connectivity index (χ0v) is 10.5. The van der Waals surface area contributed by atoms with Crippen molar-refractivity contribution in [2.75, 3.05) is 0 Å². The van der Waals surface area contributed by atoms with Gasteiger partial charge in [0, 0.05) is 12.0 Å².